The van der Waals surface area contributed by atoms with Gasteiger partial charge in [0.2, 0.25) is 0 Å². The Hall–Kier alpha value is -3.76. The van der Waals surface area contributed by atoms with E-state index in [0.717, 1.165) is 17.8 Å². The first kappa shape index (κ1) is 19.6. The second-order valence-corrected chi connectivity index (χ2v) is 6.31. The maximum Gasteiger partial charge on any atom is 0.422 e. The molecule has 7 nitrogen and oxygen atoms in total. The number of benzene rings is 1. The molecule has 0 atom stereocenters. The third-order valence-corrected chi connectivity index (χ3v) is 3.97. The SMILES string of the molecule is Cc1ccc(Oc2nnc3cnc(-c4cnc(OCC(F)(F)F)c(F)c4)cn23)cc1. The molecule has 0 spiro atoms. The Morgan fingerprint density at radius 3 is 2.50 bits per heavy atom. The van der Waals surface area contributed by atoms with Gasteiger partial charge < -0.3 is 9.47 Å². The molecular formula is C19H13F4N5O2. The molecule has 0 radical (unpaired) electrons. The molecule has 30 heavy (non-hydrogen) atoms. The minimum atomic E-state index is -4.60. The van der Waals surface area contributed by atoms with E-state index < -0.39 is 24.5 Å². The van der Waals surface area contributed by atoms with Gasteiger partial charge in [-0.2, -0.15) is 13.2 Å². The van der Waals surface area contributed by atoms with Crippen LogP contribution in [0.5, 0.6) is 17.6 Å². The maximum atomic E-state index is 14.1. The van der Waals surface area contributed by atoms with Crippen molar-refractivity contribution in [2.24, 2.45) is 0 Å². The predicted molar refractivity (Wildman–Crippen MR) is 96.8 cm³/mol. The highest BCUT2D eigenvalue weighted by Crippen LogP contribution is 2.26. The van der Waals surface area contributed by atoms with Crippen LogP contribution in [0, 0.1) is 12.7 Å². The lowest BCUT2D eigenvalue weighted by Gasteiger charge is -2.10. The third-order valence-electron chi connectivity index (χ3n) is 3.97. The third kappa shape index (κ3) is 4.29. The molecule has 0 unspecified atom stereocenters. The van der Waals surface area contributed by atoms with Gasteiger partial charge in [0, 0.05) is 18.0 Å². The lowest BCUT2D eigenvalue weighted by Crippen LogP contribution is -2.20. The van der Waals surface area contributed by atoms with Crippen molar-refractivity contribution in [2.75, 3.05) is 6.61 Å². The second kappa shape index (κ2) is 7.58. The summed E-state index contributed by atoms with van der Waals surface area (Å²) < 4.78 is 62.4. The van der Waals surface area contributed by atoms with Gasteiger partial charge in [0.1, 0.15) is 5.75 Å². The Labute approximate surface area is 166 Å². The number of ether oxygens (including phenoxy) is 2. The molecule has 0 saturated carbocycles. The standard InChI is InChI=1S/C19H13F4N5O2/c1-11-2-4-13(5-3-11)30-18-27-26-16-8-24-15(9-28(16)18)12-6-14(20)17(25-7-12)29-10-19(21,22)23/h2-9H,10H2,1H3. The van der Waals surface area contributed by atoms with Crippen molar-refractivity contribution in [3.63, 3.8) is 0 Å². The van der Waals surface area contributed by atoms with Crippen LogP contribution in [-0.2, 0) is 0 Å². The minimum absolute atomic E-state index is 0.163. The molecule has 1 aromatic carbocycles. The maximum absolute atomic E-state index is 14.1. The van der Waals surface area contributed by atoms with E-state index in [1.165, 1.54) is 16.8 Å². The molecule has 4 rings (SSSR count). The molecular weight excluding hydrogens is 406 g/mol. The van der Waals surface area contributed by atoms with Gasteiger partial charge >= 0.3 is 12.2 Å². The van der Waals surface area contributed by atoms with Gasteiger partial charge in [-0.25, -0.2) is 13.8 Å². The summed E-state index contributed by atoms with van der Waals surface area (Å²) in [5.41, 5.74) is 1.96. The molecule has 0 N–H and O–H groups in total. The summed E-state index contributed by atoms with van der Waals surface area (Å²) in [7, 11) is 0. The largest absolute Gasteiger partial charge is 0.466 e. The summed E-state index contributed by atoms with van der Waals surface area (Å²) in [4.78, 5) is 7.77. The van der Waals surface area contributed by atoms with Crippen LogP contribution in [0.15, 0.2) is 48.9 Å². The van der Waals surface area contributed by atoms with E-state index in [-0.39, 0.29) is 17.3 Å². The van der Waals surface area contributed by atoms with Crippen molar-refractivity contribution in [3.05, 3.63) is 60.3 Å². The number of fused-ring (bicyclic) bond motifs is 1. The first-order valence-electron chi connectivity index (χ1n) is 8.59. The Bertz CT molecular complexity index is 1190. The highest BCUT2D eigenvalue weighted by molar-refractivity contribution is 5.59. The fraction of sp³-hybridized carbons (Fsp3) is 0.158. The summed E-state index contributed by atoms with van der Waals surface area (Å²) in [6.07, 6.45) is -0.530. The van der Waals surface area contributed by atoms with Crippen molar-refractivity contribution in [1.29, 1.82) is 0 Å². The monoisotopic (exact) mass is 419 g/mol. The smallest absolute Gasteiger partial charge is 0.422 e. The summed E-state index contributed by atoms with van der Waals surface area (Å²) in [6.45, 7) is 0.307. The number of hydrogen-bond donors (Lipinski definition) is 0. The van der Waals surface area contributed by atoms with Crippen LogP contribution in [0.4, 0.5) is 17.6 Å². The van der Waals surface area contributed by atoms with Gasteiger partial charge in [0.25, 0.3) is 5.88 Å². The first-order chi connectivity index (χ1) is 14.3. The number of nitrogens with zero attached hydrogens (tertiary/aromatic N) is 5. The molecule has 4 aromatic rings. The molecule has 11 heteroatoms. The highest BCUT2D eigenvalue weighted by atomic mass is 19.4. The number of rotatable bonds is 5. The minimum Gasteiger partial charge on any atom is -0.466 e. The van der Waals surface area contributed by atoms with E-state index >= 15 is 0 Å². The normalized spacial score (nSPS) is 11.6. The van der Waals surface area contributed by atoms with Crippen molar-refractivity contribution in [1.82, 2.24) is 24.6 Å². The van der Waals surface area contributed by atoms with Gasteiger partial charge in [0.05, 0.1) is 11.9 Å². The zero-order valence-corrected chi connectivity index (χ0v) is 15.4. The molecule has 3 aromatic heterocycles. The van der Waals surface area contributed by atoms with Crippen molar-refractivity contribution in [3.8, 4) is 28.9 Å². The van der Waals surface area contributed by atoms with E-state index in [9.17, 15) is 17.6 Å². The highest BCUT2D eigenvalue weighted by Gasteiger charge is 2.29. The summed E-state index contributed by atoms with van der Waals surface area (Å²) in [6, 6.07) is 8.45. The van der Waals surface area contributed by atoms with Crippen LogP contribution >= 0.6 is 0 Å². The lowest BCUT2D eigenvalue weighted by molar-refractivity contribution is -0.154. The fourth-order valence-electron chi connectivity index (χ4n) is 2.53. The second-order valence-electron chi connectivity index (χ2n) is 6.31. The molecule has 0 aliphatic rings. The summed E-state index contributed by atoms with van der Waals surface area (Å²) in [5.74, 6) is -1.24. The Morgan fingerprint density at radius 1 is 1.03 bits per heavy atom. The zero-order valence-electron chi connectivity index (χ0n) is 15.4. The van der Waals surface area contributed by atoms with E-state index in [4.69, 9.17) is 4.74 Å². The number of hydrogen-bond acceptors (Lipinski definition) is 6. The lowest BCUT2D eigenvalue weighted by atomic mass is 10.2. The van der Waals surface area contributed by atoms with Crippen molar-refractivity contribution < 1.29 is 27.0 Å². The average molecular weight is 419 g/mol. The van der Waals surface area contributed by atoms with E-state index in [2.05, 4.69) is 24.9 Å². The van der Waals surface area contributed by atoms with E-state index in [0.29, 0.717) is 11.4 Å². The van der Waals surface area contributed by atoms with Crippen LogP contribution in [0.1, 0.15) is 5.56 Å². The van der Waals surface area contributed by atoms with Crippen LogP contribution in [0.2, 0.25) is 0 Å². The molecule has 0 bridgehead atoms. The van der Waals surface area contributed by atoms with Crippen LogP contribution in [0.25, 0.3) is 16.9 Å². The average Bonchev–Trinajstić information content (AvgIpc) is 3.10. The van der Waals surface area contributed by atoms with Crippen molar-refractivity contribution in [2.45, 2.75) is 13.1 Å². The number of alkyl halides is 3. The van der Waals surface area contributed by atoms with E-state index in [1.54, 1.807) is 12.1 Å². The molecule has 0 saturated heterocycles. The van der Waals surface area contributed by atoms with Crippen molar-refractivity contribution >= 4 is 5.65 Å². The number of aryl methyl sites for hydroxylation is 1. The summed E-state index contributed by atoms with van der Waals surface area (Å²) >= 11 is 0. The van der Waals surface area contributed by atoms with Crippen LogP contribution in [0.3, 0.4) is 0 Å². The summed E-state index contributed by atoms with van der Waals surface area (Å²) in [5, 5.41) is 7.92. The molecule has 0 amide bonds. The van der Waals surface area contributed by atoms with Gasteiger partial charge in [-0.15, -0.1) is 5.10 Å². The quantitative estimate of drug-likeness (QED) is 0.448. The number of pyridine rings is 1. The molecule has 3 heterocycles. The first-order valence-corrected chi connectivity index (χ1v) is 8.59. The zero-order chi connectivity index (χ0) is 21.3. The van der Waals surface area contributed by atoms with Crippen LogP contribution in [-0.4, -0.2) is 37.3 Å². The van der Waals surface area contributed by atoms with Gasteiger partial charge in [-0.3, -0.25) is 4.98 Å². The molecule has 0 aliphatic carbocycles. The Balaban J connectivity index is 1.61. The molecule has 0 aliphatic heterocycles. The Morgan fingerprint density at radius 2 is 1.80 bits per heavy atom. The van der Waals surface area contributed by atoms with Crippen LogP contribution < -0.4 is 9.47 Å². The fourth-order valence-corrected chi connectivity index (χ4v) is 2.53. The van der Waals surface area contributed by atoms with Gasteiger partial charge in [0.15, 0.2) is 18.1 Å². The van der Waals surface area contributed by atoms with Gasteiger partial charge in [-0.1, -0.05) is 22.8 Å². The molecule has 0 fully saturated rings. The Kier molecular flexibility index (Phi) is 4.94. The predicted octanol–water partition coefficient (Wildman–Crippen LogP) is 4.37. The number of aromatic nitrogens is 5. The number of halogens is 4. The topological polar surface area (TPSA) is 74.4 Å². The molecule has 154 valence electrons. The van der Waals surface area contributed by atoms with Gasteiger partial charge in [-0.05, 0) is 25.1 Å². The van der Waals surface area contributed by atoms with E-state index in [1.807, 2.05) is 19.1 Å².